The molecule has 0 aromatic carbocycles. The van der Waals surface area contributed by atoms with Gasteiger partial charge in [0, 0.05) is 6.92 Å². The van der Waals surface area contributed by atoms with Crippen LogP contribution in [0.4, 0.5) is 0 Å². The van der Waals surface area contributed by atoms with E-state index in [-0.39, 0.29) is 11.9 Å². The summed E-state index contributed by atoms with van der Waals surface area (Å²) in [5, 5.41) is 0. The SMILES string of the molecule is CCCC1C=C(C(C)=O)NO1. The highest BCUT2D eigenvalue weighted by Crippen LogP contribution is 2.11. The highest BCUT2D eigenvalue weighted by atomic mass is 16.7. The molecule has 1 atom stereocenters. The Morgan fingerprint density at radius 1 is 1.82 bits per heavy atom. The van der Waals surface area contributed by atoms with Gasteiger partial charge in [0.2, 0.25) is 0 Å². The fraction of sp³-hybridized carbons (Fsp3) is 0.625. The van der Waals surface area contributed by atoms with Gasteiger partial charge in [-0.05, 0) is 12.5 Å². The van der Waals surface area contributed by atoms with Crippen LogP contribution in [0.15, 0.2) is 11.8 Å². The Morgan fingerprint density at radius 2 is 2.55 bits per heavy atom. The van der Waals surface area contributed by atoms with Crippen molar-refractivity contribution in [1.29, 1.82) is 0 Å². The van der Waals surface area contributed by atoms with Crippen LogP contribution in [0, 0.1) is 0 Å². The van der Waals surface area contributed by atoms with Crippen molar-refractivity contribution >= 4 is 5.78 Å². The maximum absolute atomic E-state index is 10.8. The van der Waals surface area contributed by atoms with E-state index in [4.69, 9.17) is 4.84 Å². The zero-order valence-corrected chi connectivity index (χ0v) is 6.89. The molecule has 62 valence electrons. The zero-order valence-electron chi connectivity index (χ0n) is 6.89. The lowest BCUT2D eigenvalue weighted by atomic mass is 10.2. The number of nitrogens with one attached hydrogen (secondary N) is 1. The number of Topliss-reactive ketones (excluding diaryl/α,β-unsaturated/α-hetero) is 1. The summed E-state index contributed by atoms with van der Waals surface area (Å²) in [6, 6.07) is 0. The van der Waals surface area contributed by atoms with Crippen molar-refractivity contribution in [3.05, 3.63) is 11.8 Å². The van der Waals surface area contributed by atoms with Crippen LogP contribution in [0.3, 0.4) is 0 Å². The van der Waals surface area contributed by atoms with E-state index in [1.807, 2.05) is 6.08 Å². The van der Waals surface area contributed by atoms with E-state index in [9.17, 15) is 4.79 Å². The second-order valence-corrected chi connectivity index (χ2v) is 2.68. The van der Waals surface area contributed by atoms with Crippen molar-refractivity contribution in [2.24, 2.45) is 0 Å². The first-order valence-electron chi connectivity index (χ1n) is 3.88. The minimum atomic E-state index is 0.0311. The lowest BCUT2D eigenvalue weighted by Gasteiger charge is -2.03. The molecule has 1 aliphatic rings. The van der Waals surface area contributed by atoms with Gasteiger partial charge in [0.05, 0.1) is 0 Å². The van der Waals surface area contributed by atoms with Crippen molar-refractivity contribution in [2.75, 3.05) is 0 Å². The molecule has 0 radical (unpaired) electrons. The predicted octanol–water partition coefficient (Wildman–Crippen LogP) is 1.16. The summed E-state index contributed by atoms with van der Waals surface area (Å²) in [6.07, 6.45) is 3.95. The van der Waals surface area contributed by atoms with E-state index < -0.39 is 0 Å². The van der Waals surface area contributed by atoms with Gasteiger partial charge in [0.15, 0.2) is 5.78 Å². The predicted molar refractivity (Wildman–Crippen MR) is 41.7 cm³/mol. The van der Waals surface area contributed by atoms with Gasteiger partial charge in [-0.1, -0.05) is 13.3 Å². The number of allylic oxidation sites excluding steroid dienone is 1. The normalized spacial score (nSPS) is 22.7. The van der Waals surface area contributed by atoms with Gasteiger partial charge in [0.25, 0.3) is 0 Å². The summed E-state index contributed by atoms with van der Waals surface area (Å²) in [7, 11) is 0. The summed E-state index contributed by atoms with van der Waals surface area (Å²) in [4.78, 5) is 15.9. The van der Waals surface area contributed by atoms with Gasteiger partial charge < -0.3 is 0 Å². The molecule has 1 N–H and O–H groups in total. The number of carbonyl (C=O) groups is 1. The first kappa shape index (κ1) is 8.27. The average Bonchev–Trinajstić information content (AvgIpc) is 2.37. The molecule has 0 aromatic rings. The number of hydrogen-bond donors (Lipinski definition) is 1. The highest BCUT2D eigenvalue weighted by Gasteiger charge is 2.17. The van der Waals surface area contributed by atoms with Gasteiger partial charge in [-0.3, -0.25) is 15.1 Å². The van der Waals surface area contributed by atoms with E-state index in [0.29, 0.717) is 5.70 Å². The Bertz CT molecular complexity index is 187. The van der Waals surface area contributed by atoms with Gasteiger partial charge in [-0.2, -0.15) is 0 Å². The molecule has 0 aliphatic carbocycles. The molecular weight excluding hydrogens is 142 g/mol. The van der Waals surface area contributed by atoms with Crippen molar-refractivity contribution in [1.82, 2.24) is 5.48 Å². The quantitative estimate of drug-likeness (QED) is 0.664. The van der Waals surface area contributed by atoms with E-state index in [2.05, 4.69) is 12.4 Å². The van der Waals surface area contributed by atoms with Crippen molar-refractivity contribution in [3.63, 3.8) is 0 Å². The molecule has 0 bridgehead atoms. The van der Waals surface area contributed by atoms with Crippen molar-refractivity contribution in [3.8, 4) is 0 Å². The molecule has 1 heterocycles. The molecule has 0 amide bonds. The maximum atomic E-state index is 10.8. The fourth-order valence-electron chi connectivity index (χ4n) is 1.01. The Balaban J connectivity index is 2.47. The zero-order chi connectivity index (χ0) is 8.27. The smallest absolute Gasteiger partial charge is 0.177 e. The summed E-state index contributed by atoms with van der Waals surface area (Å²) >= 11 is 0. The molecule has 1 rings (SSSR count). The molecule has 3 nitrogen and oxygen atoms in total. The monoisotopic (exact) mass is 155 g/mol. The number of rotatable bonds is 3. The Morgan fingerprint density at radius 3 is 3.00 bits per heavy atom. The second-order valence-electron chi connectivity index (χ2n) is 2.68. The molecule has 0 spiro atoms. The largest absolute Gasteiger partial charge is 0.293 e. The molecule has 11 heavy (non-hydrogen) atoms. The number of ketones is 1. The first-order valence-corrected chi connectivity index (χ1v) is 3.88. The summed E-state index contributed by atoms with van der Waals surface area (Å²) in [6.45, 7) is 3.61. The summed E-state index contributed by atoms with van der Waals surface area (Å²) < 4.78 is 0. The second kappa shape index (κ2) is 3.53. The van der Waals surface area contributed by atoms with Crippen LogP contribution in [0.2, 0.25) is 0 Å². The lowest BCUT2D eigenvalue weighted by molar-refractivity contribution is -0.114. The molecular formula is C8H13NO2. The minimum absolute atomic E-state index is 0.0311. The van der Waals surface area contributed by atoms with E-state index >= 15 is 0 Å². The van der Waals surface area contributed by atoms with Crippen LogP contribution in [0.5, 0.6) is 0 Å². The van der Waals surface area contributed by atoms with E-state index in [0.717, 1.165) is 12.8 Å². The lowest BCUT2D eigenvalue weighted by Crippen LogP contribution is -2.14. The van der Waals surface area contributed by atoms with Gasteiger partial charge in [-0.25, -0.2) is 0 Å². The standard InChI is InChI=1S/C8H13NO2/c1-3-4-7-5-8(6(2)10)9-11-7/h5,7,9H,3-4H2,1-2H3. The Kier molecular flexibility index (Phi) is 2.65. The van der Waals surface area contributed by atoms with Gasteiger partial charge >= 0.3 is 0 Å². The van der Waals surface area contributed by atoms with Crippen molar-refractivity contribution < 1.29 is 9.63 Å². The Hall–Kier alpha value is -0.830. The average molecular weight is 155 g/mol. The molecule has 3 heteroatoms. The maximum Gasteiger partial charge on any atom is 0.177 e. The van der Waals surface area contributed by atoms with Crippen LogP contribution in [-0.2, 0) is 9.63 Å². The fourth-order valence-corrected chi connectivity index (χ4v) is 1.01. The van der Waals surface area contributed by atoms with Crippen LogP contribution < -0.4 is 5.48 Å². The van der Waals surface area contributed by atoms with Gasteiger partial charge in [-0.15, -0.1) is 0 Å². The van der Waals surface area contributed by atoms with Crippen LogP contribution >= 0.6 is 0 Å². The Labute approximate surface area is 66.4 Å². The first-order chi connectivity index (χ1) is 5.24. The van der Waals surface area contributed by atoms with Crippen LogP contribution in [-0.4, -0.2) is 11.9 Å². The number of hydrogen-bond acceptors (Lipinski definition) is 3. The molecule has 0 saturated carbocycles. The topological polar surface area (TPSA) is 38.3 Å². The van der Waals surface area contributed by atoms with Crippen LogP contribution in [0.1, 0.15) is 26.7 Å². The minimum Gasteiger partial charge on any atom is -0.293 e. The summed E-state index contributed by atoms with van der Waals surface area (Å²) in [5.41, 5.74) is 3.19. The number of hydroxylamine groups is 1. The van der Waals surface area contributed by atoms with E-state index in [1.54, 1.807) is 0 Å². The highest BCUT2D eigenvalue weighted by molar-refractivity contribution is 5.92. The van der Waals surface area contributed by atoms with Crippen LogP contribution in [0.25, 0.3) is 0 Å². The molecule has 1 unspecified atom stereocenters. The third-order valence-electron chi connectivity index (χ3n) is 1.63. The third-order valence-corrected chi connectivity index (χ3v) is 1.63. The van der Waals surface area contributed by atoms with E-state index in [1.165, 1.54) is 6.92 Å². The molecule has 0 fully saturated rings. The third kappa shape index (κ3) is 2.05. The molecule has 1 aliphatic heterocycles. The van der Waals surface area contributed by atoms with Gasteiger partial charge in [0.1, 0.15) is 11.8 Å². The molecule has 0 saturated heterocycles. The summed E-state index contributed by atoms with van der Waals surface area (Å²) in [5.74, 6) is 0.0311. The molecule has 0 aromatic heterocycles. The number of carbonyl (C=O) groups excluding carboxylic acids is 1. The van der Waals surface area contributed by atoms with Crippen molar-refractivity contribution in [2.45, 2.75) is 32.8 Å².